The lowest BCUT2D eigenvalue weighted by Gasteiger charge is -2.05. The van der Waals surface area contributed by atoms with E-state index in [2.05, 4.69) is 9.97 Å². The Balaban J connectivity index is 1.70. The van der Waals surface area contributed by atoms with Crippen molar-refractivity contribution < 1.29 is 4.74 Å². The van der Waals surface area contributed by atoms with Crippen molar-refractivity contribution in [3.63, 3.8) is 0 Å². The Bertz CT molecular complexity index is 845. The van der Waals surface area contributed by atoms with Crippen LogP contribution in [-0.4, -0.2) is 17.1 Å². The van der Waals surface area contributed by atoms with Crippen molar-refractivity contribution in [2.24, 2.45) is 0 Å². The number of aromatic amines is 1. The number of rotatable bonds is 6. The molecule has 0 atom stereocenters. The van der Waals surface area contributed by atoms with Gasteiger partial charge in [-0.3, -0.25) is 4.79 Å². The second-order valence-corrected chi connectivity index (χ2v) is 6.31. The molecule has 0 spiro atoms. The first-order chi connectivity index (χ1) is 11.7. The molecule has 122 valence electrons. The summed E-state index contributed by atoms with van der Waals surface area (Å²) >= 11 is 1.52. The molecule has 1 heterocycles. The Morgan fingerprint density at radius 2 is 1.79 bits per heavy atom. The molecule has 3 rings (SSSR count). The molecule has 1 N–H and O–H groups in total. The number of aromatic nitrogens is 2. The van der Waals surface area contributed by atoms with Crippen molar-refractivity contribution >= 4 is 11.8 Å². The molecular formula is C19H18N2O2S. The highest BCUT2D eigenvalue weighted by molar-refractivity contribution is 7.98. The lowest BCUT2D eigenvalue weighted by atomic mass is 10.1. The number of H-pyrrole nitrogens is 1. The Morgan fingerprint density at radius 3 is 2.50 bits per heavy atom. The van der Waals surface area contributed by atoms with Gasteiger partial charge in [0.15, 0.2) is 5.16 Å². The fourth-order valence-electron chi connectivity index (χ4n) is 2.32. The minimum atomic E-state index is -0.117. The van der Waals surface area contributed by atoms with Crippen LogP contribution >= 0.6 is 11.8 Å². The first kappa shape index (κ1) is 16.3. The average Bonchev–Trinajstić information content (AvgIpc) is 2.61. The van der Waals surface area contributed by atoms with Crippen LogP contribution in [0.1, 0.15) is 16.8 Å². The van der Waals surface area contributed by atoms with Crippen molar-refractivity contribution in [3.05, 3.63) is 87.8 Å². The molecule has 0 saturated carbocycles. The molecule has 0 amide bonds. The van der Waals surface area contributed by atoms with Gasteiger partial charge in [0.1, 0.15) is 5.75 Å². The number of methoxy groups -OCH3 is 1. The Morgan fingerprint density at radius 1 is 1.04 bits per heavy atom. The van der Waals surface area contributed by atoms with E-state index in [1.807, 2.05) is 54.6 Å². The predicted octanol–water partition coefficient (Wildman–Crippen LogP) is 3.66. The van der Waals surface area contributed by atoms with E-state index >= 15 is 0 Å². The maximum Gasteiger partial charge on any atom is 0.251 e. The smallest absolute Gasteiger partial charge is 0.251 e. The fourth-order valence-corrected chi connectivity index (χ4v) is 3.17. The second-order valence-electron chi connectivity index (χ2n) is 5.34. The van der Waals surface area contributed by atoms with Crippen LogP contribution in [-0.2, 0) is 12.2 Å². The maximum absolute atomic E-state index is 11.9. The monoisotopic (exact) mass is 338 g/mol. The van der Waals surface area contributed by atoms with Crippen molar-refractivity contribution in [2.75, 3.05) is 7.11 Å². The second kappa shape index (κ2) is 7.84. The van der Waals surface area contributed by atoms with Crippen LogP contribution in [0.15, 0.2) is 70.6 Å². The molecule has 1 aromatic heterocycles. The number of hydrogen-bond acceptors (Lipinski definition) is 4. The molecule has 0 fully saturated rings. The summed E-state index contributed by atoms with van der Waals surface area (Å²) in [4.78, 5) is 19.2. The Labute approximate surface area is 144 Å². The zero-order valence-electron chi connectivity index (χ0n) is 13.4. The van der Waals surface area contributed by atoms with Gasteiger partial charge in [-0.25, -0.2) is 4.98 Å². The summed E-state index contributed by atoms with van der Waals surface area (Å²) < 4.78 is 5.15. The number of hydrogen-bond donors (Lipinski definition) is 1. The number of nitrogens with zero attached hydrogens (tertiary/aromatic N) is 1. The molecule has 0 aliphatic carbocycles. The zero-order chi connectivity index (χ0) is 16.8. The van der Waals surface area contributed by atoms with Crippen LogP contribution in [0.5, 0.6) is 5.75 Å². The van der Waals surface area contributed by atoms with E-state index in [0.29, 0.717) is 11.6 Å². The predicted molar refractivity (Wildman–Crippen MR) is 96.7 cm³/mol. The van der Waals surface area contributed by atoms with Gasteiger partial charge in [0.2, 0.25) is 0 Å². The van der Waals surface area contributed by atoms with Gasteiger partial charge in [-0.05, 0) is 23.3 Å². The van der Waals surface area contributed by atoms with Crippen molar-refractivity contribution in [2.45, 2.75) is 17.3 Å². The van der Waals surface area contributed by atoms with Crippen LogP contribution < -0.4 is 10.3 Å². The van der Waals surface area contributed by atoms with Gasteiger partial charge in [-0.2, -0.15) is 0 Å². The fraction of sp³-hybridized carbons (Fsp3) is 0.158. The lowest BCUT2D eigenvalue weighted by molar-refractivity contribution is 0.414. The Kier molecular flexibility index (Phi) is 5.33. The highest BCUT2D eigenvalue weighted by Gasteiger charge is 2.04. The van der Waals surface area contributed by atoms with E-state index < -0.39 is 0 Å². The van der Waals surface area contributed by atoms with E-state index in [0.717, 1.165) is 28.3 Å². The molecule has 0 aliphatic rings. The number of benzene rings is 2. The van der Waals surface area contributed by atoms with Crippen LogP contribution in [0.25, 0.3) is 0 Å². The first-order valence-electron chi connectivity index (χ1n) is 7.63. The third kappa shape index (κ3) is 4.49. The molecule has 24 heavy (non-hydrogen) atoms. The minimum Gasteiger partial charge on any atom is -0.497 e. The number of thioether (sulfide) groups is 1. The van der Waals surface area contributed by atoms with E-state index in [1.165, 1.54) is 11.8 Å². The van der Waals surface area contributed by atoms with Crippen LogP contribution in [0, 0.1) is 0 Å². The first-order valence-corrected chi connectivity index (χ1v) is 8.61. The van der Waals surface area contributed by atoms with Crippen LogP contribution in [0.2, 0.25) is 0 Å². The summed E-state index contributed by atoms with van der Waals surface area (Å²) in [5, 5.41) is 0.643. The topological polar surface area (TPSA) is 55.0 Å². The number of nitrogens with one attached hydrogen (secondary N) is 1. The van der Waals surface area contributed by atoms with Crippen LogP contribution in [0.4, 0.5) is 0 Å². The molecule has 3 aromatic rings. The van der Waals surface area contributed by atoms with E-state index in [9.17, 15) is 4.79 Å². The van der Waals surface area contributed by atoms with E-state index in [-0.39, 0.29) is 5.56 Å². The van der Waals surface area contributed by atoms with Gasteiger partial charge in [0.05, 0.1) is 12.8 Å². The van der Waals surface area contributed by atoms with Gasteiger partial charge in [-0.15, -0.1) is 0 Å². The number of ether oxygens (including phenoxy) is 1. The van der Waals surface area contributed by atoms with Gasteiger partial charge in [-0.1, -0.05) is 54.2 Å². The standard InChI is InChI=1S/C19H18N2O2S/c1-23-17-9-7-15(8-10-17)13-24-19-20-16(12-18(22)21-19)11-14-5-3-2-4-6-14/h2-10,12H,11,13H2,1H3,(H,20,21,22). The maximum atomic E-state index is 11.9. The zero-order valence-corrected chi connectivity index (χ0v) is 14.2. The molecule has 0 unspecified atom stereocenters. The third-order valence-corrected chi connectivity index (χ3v) is 4.48. The molecule has 4 nitrogen and oxygen atoms in total. The van der Waals surface area contributed by atoms with Gasteiger partial charge >= 0.3 is 0 Å². The lowest BCUT2D eigenvalue weighted by Crippen LogP contribution is -2.10. The Hall–Kier alpha value is -2.53. The van der Waals surface area contributed by atoms with Crippen molar-refractivity contribution in [3.8, 4) is 5.75 Å². The average molecular weight is 338 g/mol. The van der Waals surface area contributed by atoms with Gasteiger partial charge in [0.25, 0.3) is 5.56 Å². The normalized spacial score (nSPS) is 10.5. The molecule has 5 heteroatoms. The summed E-state index contributed by atoms with van der Waals surface area (Å²) in [5.41, 5.74) is 2.95. The van der Waals surface area contributed by atoms with Crippen molar-refractivity contribution in [1.82, 2.24) is 9.97 Å². The highest BCUT2D eigenvalue weighted by Crippen LogP contribution is 2.21. The molecule has 0 bridgehead atoms. The van der Waals surface area contributed by atoms with Crippen molar-refractivity contribution in [1.29, 1.82) is 0 Å². The third-order valence-electron chi connectivity index (χ3n) is 3.54. The minimum absolute atomic E-state index is 0.117. The summed E-state index contributed by atoms with van der Waals surface area (Å²) in [6.07, 6.45) is 0.654. The molecule has 2 aromatic carbocycles. The molecule has 0 aliphatic heterocycles. The SMILES string of the molecule is COc1ccc(CSc2nc(Cc3ccccc3)cc(=O)[nH]2)cc1. The molecule has 0 saturated heterocycles. The van der Waals surface area contributed by atoms with Gasteiger partial charge < -0.3 is 9.72 Å². The summed E-state index contributed by atoms with van der Waals surface area (Å²) in [6, 6.07) is 19.5. The molecular weight excluding hydrogens is 320 g/mol. The quantitative estimate of drug-likeness (QED) is 0.550. The molecule has 0 radical (unpaired) electrons. The summed E-state index contributed by atoms with van der Waals surface area (Å²) in [6.45, 7) is 0. The van der Waals surface area contributed by atoms with E-state index in [1.54, 1.807) is 13.2 Å². The summed E-state index contributed by atoms with van der Waals surface area (Å²) in [5.74, 6) is 1.57. The van der Waals surface area contributed by atoms with Gasteiger partial charge in [0, 0.05) is 18.2 Å². The van der Waals surface area contributed by atoms with E-state index in [4.69, 9.17) is 4.74 Å². The van der Waals surface area contributed by atoms with Crippen LogP contribution in [0.3, 0.4) is 0 Å². The highest BCUT2D eigenvalue weighted by atomic mass is 32.2. The summed E-state index contributed by atoms with van der Waals surface area (Å²) in [7, 11) is 1.65. The largest absolute Gasteiger partial charge is 0.497 e.